The van der Waals surface area contributed by atoms with Crippen LogP contribution in [0.25, 0.3) is 0 Å². The third kappa shape index (κ3) is 3.41. The van der Waals surface area contributed by atoms with Crippen LogP contribution in [0.1, 0.15) is 17.0 Å². The van der Waals surface area contributed by atoms with Crippen LogP contribution in [0.5, 0.6) is 5.75 Å². The van der Waals surface area contributed by atoms with Crippen molar-refractivity contribution in [2.45, 2.75) is 12.3 Å². The number of halogens is 2. The van der Waals surface area contributed by atoms with E-state index in [1.807, 2.05) is 30.3 Å². The van der Waals surface area contributed by atoms with Crippen LogP contribution in [0, 0.1) is 0 Å². The van der Waals surface area contributed by atoms with Crippen LogP contribution in [-0.2, 0) is 11.2 Å². The fraction of sp³-hybridized carbons (Fsp3) is 0.133. The molecule has 0 aromatic heterocycles. The zero-order chi connectivity index (χ0) is 14.7. The normalized spacial score (nSPS) is 12.1. The molecule has 0 amide bonds. The van der Waals surface area contributed by atoms with E-state index in [-0.39, 0.29) is 5.75 Å². The van der Waals surface area contributed by atoms with Crippen molar-refractivity contribution >= 4 is 37.8 Å². The second kappa shape index (κ2) is 6.41. The van der Waals surface area contributed by atoms with Gasteiger partial charge in [0.05, 0.1) is 14.9 Å². The monoisotopic (exact) mass is 398 g/mol. The van der Waals surface area contributed by atoms with E-state index in [4.69, 9.17) is 0 Å². The molecular weight excluding hydrogens is 388 g/mol. The van der Waals surface area contributed by atoms with E-state index < -0.39 is 11.9 Å². The molecule has 1 atom stereocenters. The van der Waals surface area contributed by atoms with E-state index in [9.17, 15) is 15.0 Å². The molecule has 0 spiro atoms. The highest BCUT2D eigenvalue weighted by Crippen LogP contribution is 2.34. The number of phenols is 1. The summed E-state index contributed by atoms with van der Waals surface area (Å²) in [6.07, 6.45) is 0.358. The Morgan fingerprint density at radius 3 is 2.15 bits per heavy atom. The third-order valence-electron chi connectivity index (χ3n) is 3.02. The summed E-state index contributed by atoms with van der Waals surface area (Å²) in [5.74, 6) is -1.36. The smallest absolute Gasteiger partial charge is 0.311 e. The molecule has 2 aromatic rings. The molecule has 0 radical (unpaired) electrons. The largest absolute Gasteiger partial charge is 0.506 e. The first-order valence-corrected chi connectivity index (χ1v) is 7.52. The molecule has 0 saturated heterocycles. The molecule has 0 heterocycles. The van der Waals surface area contributed by atoms with Crippen molar-refractivity contribution in [2.24, 2.45) is 0 Å². The zero-order valence-corrected chi connectivity index (χ0v) is 13.6. The molecule has 2 rings (SSSR count). The van der Waals surface area contributed by atoms with Gasteiger partial charge < -0.3 is 10.2 Å². The number of carbonyl (C=O) groups is 1. The van der Waals surface area contributed by atoms with Crippen LogP contribution in [0.2, 0.25) is 0 Å². The fourth-order valence-electron chi connectivity index (χ4n) is 2.00. The number of aliphatic carboxylic acids is 1. The number of phenolic OH excluding ortho intramolecular Hbond substituents is 1. The van der Waals surface area contributed by atoms with E-state index in [0.717, 1.165) is 11.1 Å². The first-order valence-electron chi connectivity index (χ1n) is 5.93. The summed E-state index contributed by atoms with van der Waals surface area (Å²) in [6.45, 7) is 0. The molecule has 0 unspecified atom stereocenters. The minimum Gasteiger partial charge on any atom is -0.506 e. The van der Waals surface area contributed by atoms with Gasteiger partial charge in [0.15, 0.2) is 0 Å². The van der Waals surface area contributed by atoms with E-state index in [1.54, 1.807) is 12.1 Å². The zero-order valence-electron chi connectivity index (χ0n) is 10.4. The van der Waals surface area contributed by atoms with Crippen molar-refractivity contribution in [3.8, 4) is 5.75 Å². The predicted octanol–water partition coefficient (Wildman–Crippen LogP) is 4.33. The number of carboxylic acid groups (broad SMARTS) is 1. The van der Waals surface area contributed by atoms with E-state index in [1.165, 1.54) is 0 Å². The maximum atomic E-state index is 11.5. The van der Waals surface area contributed by atoms with Crippen molar-refractivity contribution in [1.29, 1.82) is 0 Å². The molecule has 0 aliphatic heterocycles. The molecule has 104 valence electrons. The molecule has 0 aliphatic rings. The van der Waals surface area contributed by atoms with Gasteiger partial charge in [0.25, 0.3) is 0 Å². The lowest BCUT2D eigenvalue weighted by Crippen LogP contribution is -2.14. The predicted molar refractivity (Wildman–Crippen MR) is 84.0 cm³/mol. The molecule has 0 fully saturated rings. The Morgan fingerprint density at radius 2 is 1.65 bits per heavy atom. The summed E-state index contributed by atoms with van der Waals surface area (Å²) < 4.78 is 1.08. The Labute approximate surface area is 133 Å². The minimum atomic E-state index is -0.864. The molecule has 5 heteroatoms. The van der Waals surface area contributed by atoms with Crippen LogP contribution in [-0.4, -0.2) is 16.2 Å². The quantitative estimate of drug-likeness (QED) is 0.804. The summed E-state index contributed by atoms with van der Waals surface area (Å²) in [5, 5.41) is 19.1. The number of hydrogen-bond acceptors (Lipinski definition) is 2. The van der Waals surface area contributed by atoms with Crippen LogP contribution < -0.4 is 0 Å². The van der Waals surface area contributed by atoms with E-state index >= 15 is 0 Å². The van der Waals surface area contributed by atoms with Crippen molar-refractivity contribution in [3.05, 3.63) is 62.5 Å². The first-order chi connectivity index (χ1) is 9.49. The van der Waals surface area contributed by atoms with Crippen LogP contribution in [0.3, 0.4) is 0 Å². The lowest BCUT2D eigenvalue weighted by molar-refractivity contribution is -0.138. The number of carboxylic acids is 1. The van der Waals surface area contributed by atoms with Crippen LogP contribution >= 0.6 is 31.9 Å². The molecular formula is C15H12Br2O3. The SMILES string of the molecule is O=C(O)[C@@H](Cc1cc(Br)c(O)c(Br)c1)c1ccccc1. The molecule has 0 bridgehead atoms. The highest BCUT2D eigenvalue weighted by Gasteiger charge is 2.21. The van der Waals surface area contributed by atoms with Gasteiger partial charge in [-0.15, -0.1) is 0 Å². The average Bonchev–Trinajstić information content (AvgIpc) is 2.42. The number of hydrogen-bond donors (Lipinski definition) is 2. The first kappa shape index (κ1) is 15.1. The number of rotatable bonds is 4. The Bertz CT molecular complexity index is 603. The standard InChI is InChI=1S/C15H12Br2O3/c16-12-7-9(8-13(17)14(12)18)6-11(15(19)20)10-4-2-1-3-5-10/h1-5,7-8,11,18H,6H2,(H,19,20)/t11-/m0/s1. The maximum Gasteiger partial charge on any atom is 0.311 e. The van der Waals surface area contributed by atoms with Gasteiger partial charge in [-0.25, -0.2) is 0 Å². The summed E-state index contributed by atoms with van der Waals surface area (Å²) >= 11 is 6.51. The Kier molecular flexibility index (Phi) is 4.83. The molecule has 2 N–H and O–H groups in total. The van der Waals surface area contributed by atoms with Gasteiger partial charge in [0.1, 0.15) is 5.75 Å². The summed E-state index contributed by atoms with van der Waals surface area (Å²) in [6, 6.07) is 12.6. The summed E-state index contributed by atoms with van der Waals surface area (Å²) in [7, 11) is 0. The fourth-order valence-corrected chi connectivity index (χ4v) is 3.29. The van der Waals surface area contributed by atoms with Gasteiger partial charge in [-0.3, -0.25) is 4.79 Å². The third-order valence-corrected chi connectivity index (χ3v) is 4.23. The van der Waals surface area contributed by atoms with Gasteiger partial charge in [-0.05, 0) is 61.5 Å². The van der Waals surface area contributed by atoms with Gasteiger partial charge in [-0.1, -0.05) is 30.3 Å². The Balaban J connectivity index is 2.32. The Hall–Kier alpha value is -1.33. The van der Waals surface area contributed by atoms with Gasteiger partial charge in [0.2, 0.25) is 0 Å². The van der Waals surface area contributed by atoms with E-state index in [2.05, 4.69) is 31.9 Å². The van der Waals surface area contributed by atoms with E-state index in [0.29, 0.717) is 15.4 Å². The van der Waals surface area contributed by atoms with Gasteiger partial charge in [0, 0.05) is 0 Å². The molecule has 0 aliphatic carbocycles. The topological polar surface area (TPSA) is 57.5 Å². The number of aromatic hydroxyl groups is 1. The number of benzene rings is 2. The highest BCUT2D eigenvalue weighted by molar-refractivity contribution is 9.11. The summed E-state index contributed by atoms with van der Waals surface area (Å²) in [5.41, 5.74) is 1.60. The van der Waals surface area contributed by atoms with Crippen molar-refractivity contribution < 1.29 is 15.0 Å². The van der Waals surface area contributed by atoms with Crippen molar-refractivity contribution in [2.75, 3.05) is 0 Å². The maximum absolute atomic E-state index is 11.5. The van der Waals surface area contributed by atoms with Crippen LogP contribution in [0.15, 0.2) is 51.4 Å². The van der Waals surface area contributed by atoms with Crippen molar-refractivity contribution in [3.63, 3.8) is 0 Å². The lowest BCUT2D eigenvalue weighted by atomic mass is 9.92. The highest BCUT2D eigenvalue weighted by atomic mass is 79.9. The van der Waals surface area contributed by atoms with Gasteiger partial charge in [-0.2, -0.15) is 0 Å². The van der Waals surface area contributed by atoms with Crippen molar-refractivity contribution in [1.82, 2.24) is 0 Å². The average molecular weight is 400 g/mol. The second-order valence-electron chi connectivity index (χ2n) is 4.41. The lowest BCUT2D eigenvalue weighted by Gasteiger charge is -2.14. The second-order valence-corrected chi connectivity index (χ2v) is 6.12. The summed E-state index contributed by atoms with van der Waals surface area (Å²) in [4.78, 5) is 11.5. The molecule has 2 aromatic carbocycles. The van der Waals surface area contributed by atoms with Crippen LogP contribution in [0.4, 0.5) is 0 Å². The molecule has 20 heavy (non-hydrogen) atoms. The Morgan fingerprint density at radius 1 is 1.10 bits per heavy atom. The molecule has 3 nitrogen and oxygen atoms in total. The molecule has 0 saturated carbocycles. The van der Waals surface area contributed by atoms with Gasteiger partial charge >= 0.3 is 5.97 Å². The minimum absolute atomic E-state index is 0.111.